The van der Waals surface area contributed by atoms with E-state index < -0.39 is 23.7 Å². The van der Waals surface area contributed by atoms with Crippen molar-refractivity contribution in [2.75, 3.05) is 0 Å². The summed E-state index contributed by atoms with van der Waals surface area (Å²) in [7, 11) is 0. The lowest BCUT2D eigenvalue weighted by molar-refractivity contribution is -0.140. The Morgan fingerprint density at radius 3 is 2.42 bits per heavy atom. The third-order valence-electron chi connectivity index (χ3n) is 9.08. The average Bonchev–Trinajstić information content (AvgIpc) is 3.21. The molecule has 3 aromatic carbocycles. The Labute approximate surface area is 231 Å². The molecule has 1 heterocycles. The Morgan fingerprint density at radius 1 is 0.875 bits per heavy atom. The second-order valence-corrected chi connectivity index (χ2v) is 11.2. The van der Waals surface area contributed by atoms with Crippen LogP contribution in [0.3, 0.4) is 0 Å². The van der Waals surface area contributed by atoms with Gasteiger partial charge in [0.25, 0.3) is 0 Å². The molecule has 0 aromatic heterocycles. The maximum absolute atomic E-state index is 13.9. The molecule has 6 nitrogen and oxygen atoms in total. The molecule has 0 bridgehead atoms. The van der Waals surface area contributed by atoms with Gasteiger partial charge in [-0.3, -0.25) is 24.1 Å². The summed E-state index contributed by atoms with van der Waals surface area (Å²) >= 11 is 0. The molecule has 1 aliphatic heterocycles. The molecule has 2 amide bonds. The van der Waals surface area contributed by atoms with Crippen LogP contribution in [0.4, 0.5) is 0 Å². The molecule has 0 unspecified atom stereocenters. The largest absolute Gasteiger partial charge is 0.507 e. The van der Waals surface area contributed by atoms with E-state index in [0.29, 0.717) is 34.1 Å². The quantitative estimate of drug-likeness (QED) is 0.287. The van der Waals surface area contributed by atoms with E-state index in [-0.39, 0.29) is 42.1 Å². The number of benzene rings is 3. The van der Waals surface area contributed by atoms with Crippen molar-refractivity contribution in [1.82, 2.24) is 4.90 Å². The summed E-state index contributed by atoms with van der Waals surface area (Å²) in [6, 6.07) is 20.6. The molecule has 3 aliphatic carbocycles. The van der Waals surface area contributed by atoms with Crippen molar-refractivity contribution in [1.29, 1.82) is 0 Å². The number of amides is 2. The summed E-state index contributed by atoms with van der Waals surface area (Å²) in [4.78, 5) is 55.7. The normalized spacial score (nSPS) is 26.0. The summed E-state index contributed by atoms with van der Waals surface area (Å²) in [6.45, 7) is 1.84. The minimum Gasteiger partial charge on any atom is -0.507 e. The fraction of sp³-hybridized carbons (Fsp3) is 0.235. The van der Waals surface area contributed by atoms with Gasteiger partial charge in [0.15, 0.2) is 11.6 Å². The van der Waals surface area contributed by atoms with Crippen LogP contribution in [0.1, 0.15) is 36.8 Å². The highest BCUT2D eigenvalue weighted by Crippen LogP contribution is 2.56. The van der Waals surface area contributed by atoms with Gasteiger partial charge in [0.1, 0.15) is 5.75 Å². The van der Waals surface area contributed by atoms with Crippen molar-refractivity contribution >= 4 is 34.2 Å². The zero-order chi connectivity index (χ0) is 27.7. The number of phenolic OH excluding ortho intramolecular Hbond substituents is 1. The van der Waals surface area contributed by atoms with Crippen LogP contribution >= 0.6 is 0 Å². The lowest BCUT2D eigenvalue weighted by atomic mass is 9.59. The first kappa shape index (κ1) is 24.5. The van der Waals surface area contributed by atoms with Crippen molar-refractivity contribution in [3.05, 3.63) is 112 Å². The zero-order valence-electron chi connectivity index (χ0n) is 22.0. The number of ketones is 2. The minimum absolute atomic E-state index is 0.0607. The number of imide groups is 1. The van der Waals surface area contributed by atoms with E-state index in [9.17, 15) is 24.3 Å². The Kier molecular flexibility index (Phi) is 5.49. The molecule has 4 aliphatic rings. The van der Waals surface area contributed by atoms with Gasteiger partial charge in [-0.05, 0) is 42.7 Å². The standard InChI is InChI=1S/C34H27NO5/c1-18-15-27(36)26-16-25-22(13-14-24-29(25)34(40)35(33(24)39)17-19-7-3-2-4-8-19)28(30(26)31(18)37)23-12-11-20-9-5-6-10-21(20)32(23)38/h2-13,15,24-25,28-29,38H,14,16-17H2,1H3/t24-,25+,28+,29-/m0/s1. The van der Waals surface area contributed by atoms with E-state index in [0.717, 1.165) is 16.5 Å². The molecule has 0 spiro atoms. The predicted molar refractivity (Wildman–Crippen MR) is 149 cm³/mol. The third-order valence-corrected chi connectivity index (χ3v) is 9.08. The SMILES string of the molecule is CC1=CC(=O)C2=C(C1=O)[C@@H](c1ccc3ccccc3c1O)C1=CC[C@@H]3C(=O)N(Cc4ccccc4)C(=O)[C@@H]3[C@@H]1C2. The maximum Gasteiger partial charge on any atom is 0.234 e. The second kappa shape index (κ2) is 8.98. The van der Waals surface area contributed by atoms with E-state index in [1.165, 1.54) is 11.0 Å². The number of aromatic hydroxyl groups is 1. The van der Waals surface area contributed by atoms with Crippen molar-refractivity contribution in [2.24, 2.45) is 17.8 Å². The highest BCUT2D eigenvalue weighted by molar-refractivity contribution is 6.24. The molecule has 1 fully saturated rings. The monoisotopic (exact) mass is 529 g/mol. The number of hydrogen-bond acceptors (Lipinski definition) is 5. The van der Waals surface area contributed by atoms with Gasteiger partial charge in [0.05, 0.1) is 18.4 Å². The molecule has 3 aromatic rings. The van der Waals surface area contributed by atoms with Gasteiger partial charge in [-0.15, -0.1) is 0 Å². The number of rotatable bonds is 3. The van der Waals surface area contributed by atoms with E-state index in [1.54, 1.807) is 6.92 Å². The van der Waals surface area contributed by atoms with Crippen molar-refractivity contribution in [2.45, 2.75) is 32.2 Å². The second-order valence-electron chi connectivity index (χ2n) is 11.2. The van der Waals surface area contributed by atoms with Gasteiger partial charge in [-0.25, -0.2) is 0 Å². The molecular formula is C34H27NO5. The Hall–Kier alpha value is -4.58. The molecule has 1 saturated heterocycles. The van der Waals surface area contributed by atoms with Gasteiger partial charge in [-0.1, -0.05) is 78.4 Å². The van der Waals surface area contributed by atoms with Gasteiger partial charge in [-0.2, -0.15) is 0 Å². The molecule has 7 rings (SSSR count). The van der Waals surface area contributed by atoms with E-state index in [4.69, 9.17) is 0 Å². The Morgan fingerprint density at radius 2 is 1.62 bits per heavy atom. The lowest BCUT2D eigenvalue weighted by Gasteiger charge is -2.42. The Balaban J connectivity index is 1.37. The highest BCUT2D eigenvalue weighted by atomic mass is 16.3. The van der Waals surface area contributed by atoms with Crippen LogP contribution in [-0.4, -0.2) is 33.4 Å². The van der Waals surface area contributed by atoms with Gasteiger partial charge >= 0.3 is 0 Å². The minimum atomic E-state index is -0.675. The summed E-state index contributed by atoms with van der Waals surface area (Å²) in [6.07, 6.45) is 3.95. The fourth-order valence-electron chi connectivity index (χ4n) is 7.21. The number of hydrogen-bond donors (Lipinski definition) is 1. The van der Waals surface area contributed by atoms with E-state index in [1.807, 2.05) is 72.8 Å². The molecule has 0 radical (unpaired) electrons. The number of nitrogens with zero attached hydrogens (tertiary/aromatic N) is 1. The van der Waals surface area contributed by atoms with Crippen LogP contribution in [-0.2, 0) is 25.7 Å². The van der Waals surface area contributed by atoms with Crippen LogP contribution in [0.5, 0.6) is 5.75 Å². The maximum atomic E-state index is 13.9. The number of likely N-dealkylation sites (tertiary alicyclic amines) is 1. The van der Waals surface area contributed by atoms with Crippen molar-refractivity contribution in [3.8, 4) is 5.75 Å². The highest BCUT2D eigenvalue weighted by Gasteiger charge is 2.56. The molecule has 1 N–H and O–H groups in total. The van der Waals surface area contributed by atoms with E-state index >= 15 is 0 Å². The van der Waals surface area contributed by atoms with Gasteiger partial charge in [0, 0.05) is 33.6 Å². The summed E-state index contributed by atoms with van der Waals surface area (Å²) in [5.74, 6) is -3.05. The van der Waals surface area contributed by atoms with Gasteiger partial charge < -0.3 is 5.11 Å². The first-order valence-corrected chi connectivity index (χ1v) is 13.6. The predicted octanol–water partition coefficient (Wildman–Crippen LogP) is 5.18. The van der Waals surface area contributed by atoms with Crippen LogP contribution in [0.2, 0.25) is 0 Å². The summed E-state index contributed by atoms with van der Waals surface area (Å²) in [5.41, 5.74) is 3.38. The first-order valence-electron chi connectivity index (χ1n) is 13.6. The average molecular weight is 530 g/mol. The fourth-order valence-corrected chi connectivity index (χ4v) is 7.21. The van der Waals surface area contributed by atoms with Crippen LogP contribution in [0.25, 0.3) is 10.8 Å². The Bertz CT molecular complexity index is 1740. The molecular weight excluding hydrogens is 502 g/mol. The number of phenols is 1. The van der Waals surface area contributed by atoms with Crippen molar-refractivity contribution < 1.29 is 24.3 Å². The number of fused-ring (bicyclic) bond motifs is 4. The number of allylic oxidation sites excluding steroid dienone is 6. The molecule has 6 heteroatoms. The summed E-state index contributed by atoms with van der Waals surface area (Å²) < 4.78 is 0. The van der Waals surface area contributed by atoms with Gasteiger partial charge in [0.2, 0.25) is 11.8 Å². The number of carbonyl (C=O) groups is 4. The number of Topliss-reactive ketones (excluding diaryl/α,β-unsaturated/α-hetero) is 1. The van der Waals surface area contributed by atoms with Crippen LogP contribution in [0, 0.1) is 17.8 Å². The zero-order valence-corrected chi connectivity index (χ0v) is 22.0. The summed E-state index contributed by atoms with van der Waals surface area (Å²) in [5, 5.41) is 13.0. The van der Waals surface area contributed by atoms with Crippen LogP contribution in [0.15, 0.2) is 101 Å². The molecule has 4 atom stereocenters. The molecule has 198 valence electrons. The van der Waals surface area contributed by atoms with Crippen molar-refractivity contribution in [3.63, 3.8) is 0 Å². The molecule has 0 saturated carbocycles. The van der Waals surface area contributed by atoms with Crippen LogP contribution < -0.4 is 0 Å². The lowest BCUT2D eigenvalue weighted by Crippen LogP contribution is -2.39. The third kappa shape index (κ3) is 3.48. The number of carbonyl (C=O) groups excluding carboxylic acids is 4. The smallest absolute Gasteiger partial charge is 0.234 e. The first-order chi connectivity index (χ1) is 19.3. The molecule has 40 heavy (non-hydrogen) atoms. The van der Waals surface area contributed by atoms with E-state index in [2.05, 4.69) is 0 Å². The topological polar surface area (TPSA) is 91.8 Å².